The molecule has 0 spiro atoms. The molecule has 2 aliphatic rings. The summed E-state index contributed by atoms with van der Waals surface area (Å²) in [6.07, 6.45) is 6.82. The third-order valence-electron chi connectivity index (χ3n) is 4.93. The fraction of sp³-hybridized carbons (Fsp3) is 0.867. The van der Waals surface area contributed by atoms with E-state index >= 15 is 0 Å². The van der Waals surface area contributed by atoms with Crippen molar-refractivity contribution in [1.29, 1.82) is 0 Å². The molecule has 3 atom stereocenters. The monoisotopic (exact) mass is 282 g/mol. The third-order valence-corrected chi connectivity index (χ3v) is 4.93. The van der Waals surface area contributed by atoms with Crippen LogP contribution < -0.4 is 5.32 Å². The summed E-state index contributed by atoms with van der Waals surface area (Å²) in [5, 5.41) is 12.0. The molecule has 5 heteroatoms. The van der Waals surface area contributed by atoms with Gasteiger partial charge in [-0.2, -0.15) is 0 Å². The zero-order valence-electron chi connectivity index (χ0n) is 12.3. The van der Waals surface area contributed by atoms with Gasteiger partial charge in [-0.05, 0) is 24.7 Å². The number of hydrogen-bond acceptors (Lipinski definition) is 2. The van der Waals surface area contributed by atoms with Gasteiger partial charge in [0.1, 0.15) is 0 Å². The normalized spacial score (nSPS) is 30.2. The maximum Gasteiger partial charge on any atom is 0.317 e. The average Bonchev–Trinajstić information content (AvgIpc) is 2.95. The van der Waals surface area contributed by atoms with Crippen LogP contribution in [-0.4, -0.2) is 41.6 Å². The standard InChI is InChI=1S/C15H26N2O3/c1-2-11-5-3-4-6-12(11)9-16-15(20)17-8-7-13(10-17)14(18)19/h11-13H,2-10H2,1H3,(H,16,20)(H,18,19). The number of hydrogen-bond donors (Lipinski definition) is 2. The number of nitrogens with zero attached hydrogens (tertiary/aromatic N) is 1. The van der Waals surface area contributed by atoms with E-state index in [9.17, 15) is 9.59 Å². The van der Waals surface area contributed by atoms with Gasteiger partial charge in [-0.3, -0.25) is 4.79 Å². The lowest BCUT2D eigenvalue weighted by Crippen LogP contribution is -2.42. The lowest BCUT2D eigenvalue weighted by molar-refractivity contribution is -0.141. The number of carboxylic acids is 1. The van der Waals surface area contributed by atoms with E-state index in [1.807, 2.05) is 0 Å². The molecule has 3 unspecified atom stereocenters. The molecule has 1 heterocycles. The average molecular weight is 282 g/mol. The summed E-state index contributed by atoms with van der Waals surface area (Å²) in [4.78, 5) is 24.6. The van der Waals surface area contributed by atoms with E-state index in [2.05, 4.69) is 12.2 Å². The molecule has 1 aliphatic carbocycles. The summed E-state index contributed by atoms with van der Waals surface area (Å²) in [6, 6.07) is -0.0887. The van der Waals surface area contributed by atoms with Gasteiger partial charge in [0.2, 0.25) is 0 Å². The fourth-order valence-corrected chi connectivity index (χ4v) is 3.57. The number of carboxylic acid groups (broad SMARTS) is 1. The highest BCUT2D eigenvalue weighted by Crippen LogP contribution is 2.31. The Balaban J connectivity index is 1.76. The maximum absolute atomic E-state index is 12.1. The first kappa shape index (κ1) is 15.1. The number of nitrogens with one attached hydrogen (secondary N) is 1. The van der Waals surface area contributed by atoms with E-state index in [1.54, 1.807) is 4.90 Å². The number of carbonyl (C=O) groups excluding carboxylic acids is 1. The molecule has 0 bridgehead atoms. The Labute approximate surface area is 120 Å². The molecule has 5 nitrogen and oxygen atoms in total. The Kier molecular flexibility index (Phi) is 5.26. The van der Waals surface area contributed by atoms with Crippen LogP contribution in [0.4, 0.5) is 4.79 Å². The minimum Gasteiger partial charge on any atom is -0.481 e. The van der Waals surface area contributed by atoms with E-state index in [-0.39, 0.29) is 11.9 Å². The Morgan fingerprint density at radius 3 is 2.50 bits per heavy atom. The molecule has 1 aliphatic heterocycles. The van der Waals surface area contributed by atoms with Crippen LogP contribution in [-0.2, 0) is 4.79 Å². The van der Waals surface area contributed by atoms with Gasteiger partial charge in [0, 0.05) is 19.6 Å². The van der Waals surface area contributed by atoms with Gasteiger partial charge in [0.25, 0.3) is 0 Å². The zero-order chi connectivity index (χ0) is 14.5. The zero-order valence-corrected chi connectivity index (χ0v) is 12.3. The minimum atomic E-state index is -0.793. The van der Waals surface area contributed by atoms with Gasteiger partial charge in [-0.25, -0.2) is 4.79 Å². The topological polar surface area (TPSA) is 69.6 Å². The van der Waals surface area contributed by atoms with Crippen molar-refractivity contribution in [2.24, 2.45) is 17.8 Å². The largest absolute Gasteiger partial charge is 0.481 e. The lowest BCUT2D eigenvalue weighted by Gasteiger charge is -2.31. The molecule has 2 fully saturated rings. The van der Waals surface area contributed by atoms with Crippen LogP contribution in [0.15, 0.2) is 0 Å². The highest BCUT2D eigenvalue weighted by molar-refractivity contribution is 5.77. The van der Waals surface area contributed by atoms with Crippen molar-refractivity contribution in [2.75, 3.05) is 19.6 Å². The van der Waals surface area contributed by atoms with Gasteiger partial charge >= 0.3 is 12.0 Å². The Morgan fingerprint density at radius 1 is 1.20 bits per heavy atom. The Morgan fingerprint density at radius 2 is 1.90 bits per heavy atom. The van der Waals surface area contributed by atoms with Crippen molar-refractivity contribution < 1.29 is 14.7 Å². The van der Waals surface area contributed by atoms with Crippen molar-refractivity contribution in [2.45, 2.75) is 45.4 Å². The van der Waals surface area contributed by atoms with Gasteiger partial charge in [-0.1, -0.05) is 32.6 Å². The van der Waals surface area contributed by atoms with Gasteiger partial charge in [0.15, 0.2) is 0 Å². The molecule has 1 saturated carbocycles. The van der Waals surface area contributed by atoms with Gasteiger partial charge < -0.3 is 15.3 Å². The van der Waals surface area contributed by atoms with Crippen molar-refractivity contribution >= 4 is 12.0 Å². The SMILES string of the molecule is CCC1CCCCC1CNC(=O)N1CCC(C(=O)O)C1. The molecule has 0 aromatic carbocycles. The number of likely N-dealkylation sites (tertiary alicyclic amines) is 1. The molecule has 0 radical (unpaired) electrons. The molecule has 20 heavy (non-hydrogen) atoms. The Hall–Kier alpha value is -1.26. The third kappa shape index (κ3) is 3.64. The van der Waals surface area contributed by atoms with Crippen molar-refractivity contribution in [3.63, 3.8) is 0 Å². The molecule has 0 aromatic rings. The summed E-state index contributed by atoms with van der Waals surface area (Å²) in [6.45, 7) is 3.88. The first-order valence-electron chi connectivity index (χ1n) is 7.87. The number of amides is 2. The second-order valence-corrected chi connectivity index (χ2v) is 6.17. The van der Waals surface area contributed by atoms with E-state index in [4.69, 9.17) is 5.11 Å². The molecular weight excluding hydrogens is 256 g/mol. The summed E-state index contributed by atoms with van der Waals surface area (Å²) in [5.41, 5.74) is 0. The van der Waals surface area contributed by atoms with Crippen LogP contribution in [0.25, 0.3) is 0 Å². The molecule has 2 rings (SSSR count). The molecular formula is C15H26N2O3. The number of urea groups is 1. The van der Waals surface area contributed by atoms with Gasteiger partial charge in [-0.15, -0.1) is 0 Å². The van der Waals surface area contributed by atoms with Crippen LogP contribution in [0.2, 0.25) is 0 Å². The first-order valence-corrected chi connectivity index (χ1v) is 7.87. The van der Waals surface area contributed by atoms with E-state index in [0.717, 1.165) is 12.5 Å². The number of rotatable bonds is 4. The maximum atomic E-state index is 12.1. The summed E-state index contributed by atoms with van der Waals surface area (Å²) in [7, 11) is 0. The van der Waals surface area contributed by atoms with E-state index in [0.29, 0.717) is 25.4 Å². The number of aliphatic carboxylic acids is 1. The second-order valence-electron chi connectivity index (χ2n) is 6.17. The smallest absolute Gasteiger partial charge is 0.317 e. The molecule has 1 saturated heterocycles. The lowest BCUT2D eigenvalue weighted by atomic mass is 9.78. The molecule has 0 aromatic heterocycles. The fourth-order valence-electron chi connectivity index (χ4n) is 3.57. The predicted molar refractivity (Wildman–Crippen MR) is 76.5 cm³/mol. The highest BCUT2D eigenvalue weighted by atomic mass is 16.4. The first-order chi connectivity index (χ1) is 9.61. The number of carbonyl (C=O) groups is 2. The summed E-state index contributed by atoms with van der Waals surface area (Å²) < 4.78 is 0. The van der Waals surface area contributed by atoms with Crippen LogP contribution in [0.1, 0.15) is 45.4 Å². The summed E-state index contributed by atoms with van der Waals surface area (Å²) >= 11 is 0. The molecule has 2 N–H and O–H groups in total. The van der Waals surface area contributed by atoms with Crippen LogP contribution in [0.5, 0.6) is 0 Å². The quantitative estimate of drug-likeness (QED) is 0.831. The van der Waals surface area contributed by atoms with E-state index in [1.165, 1.54) is 32.1 Å². The highest BCUT2D eigenvalue weighted by Gasteiger charge is 2.31. The Bertz CT molecular complexity index is 359. The molecule has 114 valence electrons. The molecule has 2 amide bonds. The van der Waals surface area contributed by atoms with Crippen LogP contribution in [0, 0.1) is 17.8 Å². The predicted octanol–water partition coefficient (Wildman–Crippen LogP) is 2.32. The van der Waals surface area contributed by atoms with Crippen molar-refractivity contribution in [3.8, 4) is 0 Å². The van der Waals surface area contributed by atoms with Crippen LogP contribution in [0.3, 0.4) is 0 Å². The van der Waals surface area contributed by atoms with Crippen LogP contribution >= 0.6 is 0 Å². The second kappa shape index (κ2) is 6.95. The van der Waals surface area contributed by atoms with E-state index < -0.39 is 5.97 Å². The summed E-state index contributed by atoms with van der Waals surface area (Å²) in [5.74, 6) is 0.141. The van der Waals surface area contributed by atoms with Crippen molar-refractivity contribution in [3.05, 3.63) is 0 Å². The minimum absolute atomic E-state index is 0.0887. The van der Waals surface area contributed by atoms with Crippen molar-refractivity contribution in [1.82, 2.24) is 10.2 Å². The van der Waals surface area contributed by atoms with Gasteiger partial charge in [0.05, 0.1) is 5.92 Å².